The van der Waals surface area contributed by atoms with Crippen molar-refractivity contribution in [1.82, 2.24) is 14.8 Å². The van der Waals surface area contributed by atoms with Crippen molar-refractivity contribution in [2.75, 3.05) is 44.2 Å². The molecule has 0 bridgehead atoms. The lowest BCUT2D eigenvalue weighted by Crippen LogP contribution is -2.51. The molecule has 0 aliphatic carbocycles. The highest BCUT2D eigenvalue weighted by Crippen LogP contribution is 2.13. The minimum atomic E-state index is 0.183. The molecule has 6 heteroatoms. The number of anilines is 1. The van der Waals surface area contributed by atoms with Gasteiger partial charge in [0.2, 0.25) is 5.91 Å². The van der Waals surface area contributed by atoms with Crippen LogP contribution in [0.1, 0.15) is 24.5 Å². The van der Waals surface area contributed by atoms with Crippen LogP contribution >= 0.6 is 0 Å². The largest absolute Gasteiger partial charge is 0.353 e. The number of piperazine rings is 1. The van der Waals surface area contributed by atoms with Crippen LogP contribution in [0.15, 0.2) is 48.7 Å². The second-order valence-electron chi connectivity index (χ2n) is 7.08. The minimum Gasteiger partial charge on any atom is -0.353 e. The van der Waals surface area contributed by atoms with Crippen molar-refractivity contribution in [3.05, 3.63) is 59.8 Å². The summed E-state index contributed by atoms with van der Waals surface area (Å²) in [6.07, 6.45) is 2.80. The van der Waals surface area contributed by atoms with Gasteiger partial charge in [-0.15, -0.1) is 0 Å². The highest BCUT2D eigenvalue weighted by atomic mass is 16.2. The highest BCUT2D eigenvalue weighted by molar-refractivity contribution is 5.78. The standard InChI is InChI=1S/C22H27N5O/c1-2-11-25(17-20-8-6-19(16-23)7-9-20)18-22(28)27-14-12-26(13-15-27)21-5-3-4-10-24-21/h3-10H,2,11-15,17-18H2,1H3. The molecular formula is C22H27N5O. The Hall–Kier alpha value is -2.91. The van der Waals surface area contributed by atoms with Gasteiger partial charge in [-0.2, -0.15) is 5.26 Å². The third-order valence-corrected chi connectivity index (χ3v) is 4.99. The quantitative estimate of drug-likeness (QED) is 0.742. The lowest BCUT2D eigenvalue weighted by atomic mass is 10.1. The van der Waals surface area contributed by atoms with Crippen LogP contribution in [-0.2, 0) is 11.3 Å². The molecule has 146 valence electrons. The number of hydrogen-bond donors (Lipinski definition) is 0. The third-order valence-electron chi connectivity index (χ3n) is 4.99. The summed E-state index contributed by atoms with van der Waals surface area (Å²) in [6, 6.07) is 15.7. The SMILES string of the molecule is CCCN(CC(=O)N1CCN(c2ccccn2)CC1)Cc1ccc(C#N)cc1. The Balaban J connectivity index is 1.53. The molecule has 1 aliphatic heterocycles. The van der Waals surface area contributed by atoms with E-state index in [2.05, 4.69) is 27.8 Å². The molecule has 1 saturated heterocycles. The van der Waals surface area contributed by atoms with Crippen molar-refractivity contribution in [2.24, 2.45) is 0 Å². The van der Waals surface area contributed by atoms with E-state index in [9.17, 15) is 4.79 Å². The van der Waals surface area contributed by atoms with Gasteiger partial charge in [-0.1, -0.05) is 25.1 Å². The Kier molecular flexibility index (Phi) is 6.99. The number of rotatable bonds is 7. The van der Waals surface area contributed by atoms with Gasteiger partial charge in [0.25, 0.3) is 0 Å². The molecular weight excluding hydrogens is 350 g/mol. The van der Waals surface area contributed by atoms with Crippen molar-refractivity contribution in [3.63, 3.8) is 0 Å². The van der Waals surface area contributed by atoms with Crippen molar-refractivity contribution in [3.8, 4) is 6.07 Å². The first-order valence-electron chi connectivity index (χ1n) is 9.84. The summed E-state index contributed by atoms with van der Waals surface area (Å²) in [5.41, 5.74) is 1.79. The van der Waals surface area contributed by atoms with Gasteiger partial charge in [0.15, 0.2) is 0 Å². The number of hydrogen-bond acceptors (Lipinski definition) is 5. The Morgan fingerprint density at radius 1 is 1.14 bits per heavy atom. The van der Waals surface area contributed by atoms with Gasteiger partial charge in [-0.3, -0.25) is 9.69 Å². The molecule has 0 spiro atoms. The Labute approximate surface area is 167 Å². The molecule has 1 aromatic carbocycles. The first kappa shape index (κ1) is 19.8. The monoisotopic (exact) mass is 377 g/mol. The van der Waals surface area contributed by atoms with Crippen LogP contribution in [0.2, 0.25) is 0 Å². The summed E-state index contributed by atoms with van der Waals surface area (Å²) in [5, 5.41) is 8.93. The molecule has 0 saturated carbocycles. The molecule has 1 amide bonds. The fourth-order valence-corrected chi connectivity index (χ4v) is 3.49. The number of benzene rings is 1. The fourth-order valence-electron chi connectivity index (χ4n) is 3.49. The van der Waals surface area contributed by atoms with Crippen molar-refractivity contribution in [2.45, 2.75) is 19.9 Å². The average molecular weight is 377 g/mol. The zero-order chi connectivity index (χ0) is 19.8. The Morgan fingerprint density at radius 3 is 2.50 bits per heavy atom. The first-order valence-corrected chi connectivity index (χ1v) is 9.84. The molecule has 2 aromatic rings. The number of amides is 1. The highest BCUT2D eigenvalue weighted by Gasteiger charge is 2.23. The van der Waals surface area contributed by atoms with Gasteiger partial charge < -0.3 is 9.80 Å². The van der Waals surface area contributed by atoms with Crippen LogP contribution in [0.4, 0.5) is 5.82 Å². The second kappa shape index (κ2) is 9.86. The molecule has 6 nitrogen and oxygen atoms in total. The maximum atomic E-state index is 12.8. The predicted octanol–water partition coefficient (Wildman–Crippen LogP) is 2.51. The van der Waals surface area contributed by atoms with Crippen LogP contribution in [0.5, 0.6) is 0 Å². The van der Waals surface area contributed by atoms with E-state index in [1.165, 1.54) is 0 Å². The normalized spacial score (nSPS) is 14.2. The molecule has 0 N–H and O–H groups in total. The fraction of sp³-hybridized carbons (Fsp3) is 0.409. The first-order chi connectivity index (χ1) is 13.7. The van der Waals surface area contributed by atoms with E-state index in [1.807, 2.05) is 47.4 Å². The molecule has 0 atom stereocenters. The molecule has 3 rings (SSSR count). The molecule has 28 heavy (non-hydrogen) atoms. The number of carbonyl (C=O) groups is 1. The number of nitriles is 1. The minimum absolute atomic E-state index is 0.183. The molecule has 0 radical (unpaired) electrons. The van der Waals surface area contributed by atoms with E-state index in [0.717, 1.165) is 57.1 Å². The number of carbonyl (C=O) groups excluding carboxylic acids is 1. The second-order valence-corrected chi connectivity index (χ2v) is 7.08. The lowest BCUT2D eigenvalue weighted by Gasteiger charge is -2.36. The van der Waals surface area contributed by atoms with Gasteiger partial charge in [0, 0.05) is 38.9 Å². The maximum absolute atomic E-state index is 12.8. The molecule has 2 heterocycles. The Bertz CT molecular complexity index is 792. The van der Waals surface area contributed by atoms with Crippen molar-refractivity contribution >= 4 is 11.7 Å². The smallest absolute Gasteiger partial charge is 0.236 e. The summed E-state index contributed by atoms with van der Waals surface area (Å²) >= 11 is 0. The van der Waals surface area contributed by atoms with Crippen LogP contribution in [0.3, 0.4) is 0 Å². The molecule has 0 unspecified atom stereocenters. The summed E-state index contributed by atoms with van der Waals surface area (Å²) in [6.45, 7) is 7.23. The maximum Gasteiger partial charge on any atom is 0.236 e. The van der Waals surface area contributed by atoms with Gasteiger partial charge in [0.1, 0.15) is 5.82 Å². The van der Waals surface area contributed by atoms with Gasteiger partial charge in [0.05, 0.1) is 18.2 Å². The van der Waals surface area contributed by atoms with E-state index >= 15 is 0 Å². The topological polar surface area (TPSA) is 63.5 Å². The van der Waals surface area contributed by atoms with Crippen LogP contribution in [-0.4, -0.2) is 60.0 Å². The van der Waals surface area contributed by atoms with Crippen LogP contribution in [0, 0.1) is 11.3 Å². The van der Waals surface area contributed by atoms with Crippen LogP contribution < -0.4 is 4.90 Å². The van der Waals surface area contributed by atoms with E-state index in [4.69, 9.17) is 5.26 Å². The van der Waals surface area contributed by atoms with Gasteiger partial charge in [-0.05, 0) is 42.8 Å². The summed E-state index contributed by atoms with van der Waals surface area (Å²) < 4.78 is 0. The summed E-state index contributed by atoms with van der Waals surface area (Å²) in [7, 11) is 0. The summed E-state index contributed by atoms with van der Waals surface area (Å²) in [5.74, 6) is 1.16. The lowest BCUT2D eigenvalue weighted by molar-refractivity contribution is -0.132. The number of aromatic nitrogens is 1. The number of pyridine rings is 1. The summed E-state index contributed by atoms with van der Waals surface area (Å²) in [4.78, 5) is 23.6. The van der Waals surface area contributed by atoms with E-state index < -0.39 is 0 Å². The predicted molar refractivity (Wildman–Crippen MR) is 110 cm³/mol. The van der Waals surface area contributed by atoms with Crippen molar-refractivity contribution in [1.29, 1.82) is 5.26 Å². The number of nitrogens with zero attached hydrogens (tertiary/aromatic N) is 5. The zero-order valence-corrected chi connectivity index (χ0v) is 16.4. The van der Waals surface area contributed by atoms with E-state index in [1.54, 1.807) is 6.20 Å². The van der Waals surface area contributed by atoms with Gasteiger partial charge in [-0.25, -0.2) is 4.98 Å². The Morgan fingerprint density at radius 2 is 1.89 bits per heavy atom. The average Bonchev–Trinajstić information content (AvgIpc) is 2.75. The van der Waals surface area contributed by atoms with E-state index in [-0.39, 0.29) is 5.91 Å². The third kappa shape index (κ3) is 5.30. The van der Waals surface area contributed by atoms with E-state index in [0.29, 0.717) is 12.1 Å². The molecule has 1 aromatic heterocycles. The molecule has 1 aliphatic rings. The molecule has 1 fully saturated rings. The zero-order valence-electron chi connectivity index (χ0n) is 16.4. The van der Waals surface area contributed by atoms with Gasteiger partial charge >= 0.3 is 0 Å². The van der Waals surface area contributed by atoms with Crippen molar-refractivity contribution < 1.29 is 4.79 Å². The van der Waals surface area contributed by atoms with Crippen LogP contribution in [0.25, 0.3) is 0 Å².